The van der Waals surface area contributed by atoms with Crippen LogP contribution in [0.4, 0.5) is 0 Å². The highest BCUT2D eigenvalue weighted by Crippen LogP contribution is 2.27. The molecule has 0 spiro atoms. The lowest BCUT2D eigenvalue weighted by molar-refractivity contribution is -0.123. The van der Waals surface area contributed by atoms with Crippen molar-refractivity contribution in [3.8, 4) is 11.5 Å². The van der Waals surface area contributed by atoms with Crippen molar-refractivity contribution in [1.82, 2.24) is 5.43 Å². The molecule has 0 saturated heterocycles. The number of nitrogens with one attached hydrogen (secondary N) is 1. The molecule has 0 saturated carbocycles. The molecule has 138 valence electrons. The third kappa shape index (κ3) is 6.94. The number of carbonyl (C=O) groups excluding carboxylic acids is 1. The fraction of sp³-hybridized carbons (Fsp3) is 0.263. The first-order chi connectivity index (χ1) is 12.6. The molecule has 0 aliphatic rings. The van der Waals surface area contributed by atoms with E-state index in [4.69, 9.17) is 32.7 Å². The third-order valence-electron chi connectivity index (χ3n) is 3.28. The van der Waals surface area contributed by atoms with Crippen molar-refractivity contribution in [3.05, 3.63) is 58.1 Å². The van der Waals surface area contributed by atoms with E-state index in [0.29, 0.717) is 22.4 Å². The van der Waals surface area contributed by atoms with E-state index in [1.807, 2.05) is 24.3 Å². The van der Waals surface area contributed by atoms with E-state index in [2.05, 4.69) is 17.5 Å². The van der Waals surface area contributed by atoms with Gasteiger partial charge in [-0.2, -0.15) is 5.10 Å². The number of ether oxygens (including phenoxy) is 2. The molecule has 26 heavy (non-hydrogen) atoms. The average Bonchev–Trinajstić information content (AvgIpc) is 2.62. The summed E-state index contributed by atoms with van der Waals surface area (Å²) in [6.07, 6.45) is 3.63. The molecule has 0 aliphatic heterocycles. The van der Waals surface area contributed by atoms with Gasteiger partial charge in [-0.25, -0.2) is 5.43 Å². The number of unbranched alkanes of at least 4 members (excludes halogenated alkanes) is 1. The Balaban J connectivity index is 1.80. The first-order valence-corrected chi connectivity index (χ1v) is 8.96. The van der Waals surface area contributed by atoms with Gasteiger partial charge in [0.1, 0.15) is 11.5 Å². The predicted octanol–water partition coefficient (Wildman–Crippen LogP) is 4.70. The highest BCUT2D eigenvalue weighted by Gasteiger charge is 2.05. The van der Waals surface area contributed by atoms with Crippen molar-refractivity contribution >= 4 is 35.3 Å². The summed E-state index contributed by atoms with van der Waals surface area (Å²) in [5.74, 6) is 0.754. The Morgan fingerprint density at radius 3 is 2.81 bits per heavy atom. The number of nitrogens with zero attached hydrogens (tertiary/aromatic N) is 1. The van der Waals surface area contributed by atoms with E-state index < -0.39 is 5.91 Å². The molecule has 0 unspecified atom stereocenters. The maximum Gasteiger partial charge on any atom is 0.277 e. The molecule has 0 fully saturated rings. The van der Waals surface area contributed by atoms with Crippen LogP contribution >= 0.6 is 23.2 Å². The van der Waals surface area contributed by atoms with Gasteiger partial charge in [-0.3, -0.25) is 4.79 Å². The minimum Gasteiger partial charge on any atom is -0.494 e. The molecule has 0 radical (unpaired) electrons. The molecule has 7 heteroatoms. The van der Waals surface area contributed by atoms with E-state index in [1.54, 1.807) is 24.4 Å². The zero-order valence-electron chi connectivity index (χ0n) is 14.4. The van der Waals surface area contributed by atoms with Gasteiger partial charge < -0.3 is 9.47 Å². The smallest absolute Gasteiger partial charge is 0.277 e. The summed E-state index contributed by atoms with van der Waals surface area (Å²) in [7, 11) is 0. The lowest BCUT2D eigenvalue weighted by atomic mass is 10.2. The van der Waals surface area contributed by atoms with Crippen molar-refractivity contribution in [3.63, 3.8) is 0 Å². The molecule has 0 heterocycles. The highest BCUT2D eigenvalue weighted by atomic mass is 35.5. The number of amides is 1. The van der Waals surface area contributed by atoms with Gasteiger partial charge in [-0.1, -0.05) is 48.7 Å². The number of rotatable bonds is 9. The van der Waals surface area contributed by atoms with Crippen LogP contribution in [0.25, 0.3) is 0 Å². The average molecular weight is 395 g/mol. The molecule has 5 nitrogen and oxygen atoms in total. The summed E-state index contributed by atoms with van der Waals surface area (Å²) in [6.45, 7) is 2.58. The summed E-state index contributed by atoms with van der Waals surface area (Å²) >= 11 is 11.8. The number of carbonyl (C=O) groups is 1. The Labute approximate surface area is 162 Å². The van der Waals surface area contributed by atoms with E-state index in [-0.39, 0.29) is 6.61 Å². The zero-order chi connectivity index (χ0) is 18.8. The normalized spacial score (nSPS) is 10.7. The summed E-state index contributed by atoms with van der Waals surface area (Å²) in [5, 5.41) is 4.75. The predicted molar refractivity (Wildman–Crippen MR) is 105 cm³/mol. The maximum absolute atomic E-state index is 11.8. The van der Waals surface area contributed by atoms with Crippen molar-refractivity contribution in [2.75, 3.05) is 13.2 Å². The second-order valence-corrected chi connectivity index (χ2v) is 6.27. The largest absolute Gasteiger partial charge is 0.494 e. The SMILES string of the molecule is CCCCOc1cccc(/C=N/NC(=O)COc2ccc(Cl)cc2Cl)c1. The van der Waals surface area contributed by atoms with Crippen molar-refractivity contribution in [1.29, 1.82) is 0 Å². The van der Waals surface area contributed by atoms with E-state index in [1.165, 1.54) is 0 Å². The summed E-state index contributed by atoms with van der Waals surface area (Å²) < 4.78 is 11.0. The van der Waals surface area contributed by atoms with Gasteiger partial charge in [0.05, 0.1) is 17.8 Å². The quantitative estimate of drug-likeness (QED) is 0.380. The molecular weight excluding hydrogens is 375 g/mol. The van der Waals surface area contributed by atoms with Gasteiger partial charge in [0.15, 0.2) is 6.61 Å². The Hall–Kier alpha value is -2.24. The maximum atomic E-state index is 11.8. The second-order valence-electron chi connectivity index (χ2n) is 5.43. The summed E-state index contributed by atoms with van der Waals surface area (Å²) in [4.78, 5) is 11.8. The van der Waals surface area contributed by atoms with E-state index >= 15 is 0 Å². The Bertz CT molecular complexity index is 766. The van der Waals surface area contributed by atoms with Gasteiger partial charge in [-0.15, -0.1) is 0 Å². The van der Waals surface area contributed by atoms with Gasteiger partial charge in [0.2, 0.25) is 0 Å². The minimum atomic E-state index is -0.400. The van der Waals surface area contributed by atoms with Gasteiger partial charge in [0.25, 0.3) is 5.91 Å². The van der Waals surface area contributed by atoms with Crippen LogP contribution in [0, 0.1) is 0 Å². The minimum absolute atomic E-state index is 0.209. The van der Waals surface area contributed by atoms with Crippen molar-refractivity contribution in [2.24, 2.45) is 5.10 Å². The third-order valence-corrected chi connectivity index (χ3v) is 3.81. The zero-order valence-corrected chi connectivity index (χ0v) is 15.9. The Morgan fingerprint density at radius 1 is 1.19 bits per heavy atom. The fourth-order valence-corrected chi connectivity index (χ4v) is 2.43. The standard InChI is InChI=1S/C19H20Cl2N2O3/c1-2-3-9-25-16-6-4-5-14(10-16)12-22-23-19(24)13-26-18-8-7-15(20)11-17(18)21/h4-8,10-12H,2-3,9,13H2,1H3,(H,23,24)/b22-12+. The van der Waals surface area contributed by atoms with Crippen LogP contribution < -0.4 is 14.9 Å². The Kier molecular flexibility index (Phi) is 8.25. The second kappa shape index (κ2) is 10.7. The molecule has 0 aromatic heterocycles. The van der Waals surface area contributed by atoms with Crippen LogP contribution in [0.5, 0.6) is 11.5 Å². The molecule has 0 atom stereocenters. The molecule has 0 aliphatic carbocycles. The van der Waals surface area contributed by atoms with E-state index in [0.717, 1.165) is 24.2 Å². The molecule has 2 aromatic carbocycles. The summed E-state index contributed by atoms with van der Waals surface area (Å²) in [6, 6.07) is 12.3. The highest BCUT2D eigenvalue weighted by molar-refractivity contribution is 6.35. The van der Waals surface area contributed by atoms with Crippen LogP contribution in [-0.2, 0) is 4.79 Å². The lowest BCUT2D eigenvalue weighted by Gasteiger charge is -2.07. The lowest BCUT2D eigenvalue weighted by Crippen LogP contribution is -2.24. The number of hydrazone groups is 1. The number of halogens is 2. The molecule has 2 aromatic rings. The fourth-order valence-electron chi connectivity index (χ4n) is 1.97. The molecule has 2 rings (SSSR count). The van der Waals surface area contributed by atoms with Crippen LogP contribution in [0.3, 0.4) is 0 Å². The van der Waals surface area contributed by atoms with Gasteiger partial charge in [-0.05, 0) is 42.3 Å². The number of hydrogen-bond acceptors (Lipinski definition) is 4. The molecule has 1 N–H and O–H groups in total. The van der Waals surface area contributed by atoms with Crippen LogP contribution in [0.2, 0.25) is 10.0 Å². The van der Waals surface area contributed by atoms with Gasteiger partial charge >= 0.3 is 0 Å². The van der Waals surface area contributed by atoms with Crippen LogP contribution in [0.1, 0.15) is 25.3 Å². The molecule has 0 bridgehead atoms. The molecule has 1 amide bonds. The van der Waals surface area contributed by atoms with Crippen LogP contribution in [-0.4, -0.2) is 25.3 Å². The van der Waals surface area contributed by atoms with Crippen molar-refractivity contribution < 1.29 is 14.3 Å². The van der Waals surface area contributed by atoms with E-state index in [9.17, 15) is 4.79 Å². The monoisotopic (exact) mass is 394 g/mol. The molecular formula is C19H20Cl2N2O3. The van der Waals surface area contributed by atoms with Gasteiger partial charge in [0, 0.05) is 5.02 Å². The van der Waals surface area contributed by atoms with Crippen molar-refractivity contribution in [2.45, 2.75) is 19.8 Å². The first-order valence-electron chi connectivity index (χ1n) is 8.21. The first kappa shape index (κ1) is 20.1. The van der Waals surface area contributed by atoms with Crippen LogP contribution in [0.15, 0.2) is 47.6 Å². The summed E-state index contributed by atoms with van der Waals surface area (Å²) in [5.41, 5.74) is 3.22. The Morgan fingerprint density at radius 2 is 2.04 bits per heavy atom. The number of benzene rings is 2. The number of hydrogen-bond donors (Lipinski definition) is 1. The topological polar surface area (TPSA) is 59.9 Å².